The molecular weight excluding hydrogens is 224 g/mol. The molecular formula is C16H22O2. The van der Waals surface area contributed by atoms with E-state index in [0.717, 1.165) is 54.5 Å². The van der Waals surface area contributed by atoms with Crippen molar-refractivity contribution < 1.29 is 9.53 Å². The second-order valence-corrected chi connectivity index (χ2v) is 8.03. The summed E-state index contributed by atoms with van der Waals surface area (Å²) in [5.41, 5.74) is 0.285. The fraction of sp³-hybridized carbons (Fsp3) is 0.938. The summed E-state index contributed by atoms with van der Waals surface area (Å²) < 4.78 is 5.36. The first-order chi connectivity index (χ1) is 8.68. The van der Waals surface area contributed by atoms with E-state index in [4.69, 9.17) is 4.74 Å². The SMILES string of the molecule is CC1CC2CC1C1C2C2CC1C1(COC(=O)C1)C2. The van der Waals surface area contributed by atoms with Gasteiger partial charge in [-0.2, -0.15) is 0 Å². The molecule has 4 saturated carbocycles. The summed E-state index contributed by atoms with van der Waals surface area (Å²) in [5.74, 6) is 6.84. The summed E-state index contributed by atoms with van der Waals surface area (Å²) in [4.78, 5) is 11.6. The van der Waals surface area contributed by atoms with Gasteiger partial charge in [-0.15, -0.1) is 0 Å². The Labute approximate surface area is 108 Å². The molecule has 1 aliphatic heterocycles. The van der Waals surface area contributed by atoms with Crippen molar-refractivity contribution in [1.82, 2.24) is 0 Å². The van der Waals surface area contributed by atoms with Crippen molar-refractivity contribution in [3.8, 4) is 0 Å². The lowest BCUT2D eigenvalue weighted by Crippen LogP contribution is -2.41. The van der Waals surface area contributed by atoms with Crippen molar-refractivity contribution in [2.45, 2.75) is 39.0 Å². The van der Waals surface area contributed by atoms with Gasteiger partial charge < -0.3 is 4.74 Å². The van der Waals surface area contributed by atoms with Crippen LogP contribution in [0.4, 0.5) is 0 Å². The molecule has 5 rings (SSSR count). The molecule has 1 saturated heterocycles. The van der Waals surface area contributed by atoms with E-state index in [1.165, 1.54) is 25.7 Å². The molecule has 0 amide bonds. The maximum atomic E-state index is 11.6. The van der Waals surface area contributed by atoms with Crippen molar-refractivity contribution >= 4 is 5.97 Å². The number of ether oxygens (including phenoxy) is 1. The molecule has 0 radical (unpaired) electrons. The third kappa shape index (κ3) is 0.981. The van der Waals surface area contributed by atoms with Crippen LogP contribution < -0.4 is 0 Å². The molecule has 98 valence electrons. The zero-order chi connectivity index (χ0) is 12.1. The van der Waals surface area contributed by atoms with Crippen LogP contribution in [0, 0.1) is 46.8 Å². The fourth-order valence-electron chi connectivity index (χ4n) is 7.22. The van der Waals surface area contributed by atoms with Crippen molar-refractivity contribution in [1.29, 1.82) is 0 Å². The van der Waals surface area contributed by atoms with Gasteiger partial charge in [0, 0.05) is 5.41 Å². The molecule has 5 fully saturated rings. The lowest BCUT2D eigenvalue weighted by molar-refractivity contribution is -0.137. The molecule has 4 bridgehead atoms. The summed E-state index contributed by atoms with van der Waals surface area (Å²) in [5, 5.41) is 0. The first-order valence-electron chi connectivity index (χ1n) is 7.83. The lowest BCUT2D eigenvalue weighted by atomic mass is 9.59. The van der Waals surface area contributed by atoms with E-state index in [9.17, 15) is 4.79 Å². The largest absolute Gasteiger partial charge is 0.465 e. The lowest BCUT2D eigenvalue weighted by Gasteiger charge is -2.44. The Bertz CT molecular complexity index is 431. The average molecular weight is 246 g/mol. The molecule has 2 nitrogen and oxygen atoms in total. The zero-order valence-electron chi connectivity index (χ0n) is 11.1. The predicted octanol–water partition coefficient (Wildman–Crippen LogP) is 2.87. The van der Waals surface area contributed by atoms with Gasteiger partial charge >= 0.3 is 5.97 Å². The number of carbonyl (C=O) groups excluding carboxylic acids is 1. The number of fused-ring (bicyclic) bond motifs is 10. The molecule has 0 aromatic carbocycles. The van der Waals surface area contributed by atoms with E-state index in [2.05, 4.69) is 6.92 Å². The van der Waals surface area contributed by atoms with E-state index < -0.39 is 0 Å². The first kappa shape index (κ1) is 10.3. The smallest absolute Gasteiger partial charge is 0.306 e. The van der Waals surface area contributed by atoms with E-state index in [1.807, 2.05) is 0 Å². The van der Waals surface area contributed by atoms with E-state index in [0.29, 0.717) is 0 Å². The van der Waals surface area contributed by atoms with Crippen LogP contribution in [0.15, 0.2) is 0 Å². The number of hydrogen-bond acceptors (Lipinski definition) is 2. The number of hydrogen-bond donors (Lipinski definition) is 0. The number of carbonyl (C=O) groups is 1. The summed E-state index contributed by atoms with van der Waals surface area (Å²) in [6.45, 7) is 3.22. The first-order valence-corrected chi connectivity index (χ1v) is 7.83. The summed E-state index contributed by atoms with van der Waals surface area (Å²) in [6, 6.07) is 0. The Kier molecular flexibility index (Phi) is 1.69. The zero-order valence-corrected chi connectivity index (χ0v) is 11.1. The highest BCUT2D eigenvalue weighted by Crippen LogP contribution is 2.74. The molecule has 5 aliphatic rings. The van der Waals surface area contributed by atoms with Gasteiger partial charge in [-0.05, 0) is 67.1 Å². The molecule has 0 aromatic rings. The minimum Gasteiger partial charge on any atom is -0.465 e. The van der Waals surface area contributed by atoms with Gasteiger partial charge in [-0.3, -0.25) is 4.79 Å². The van der Waals surface area contributed by atoms with Crippen LogP contribution in [0.3, 0.4) is 0 Å². The quantitative estimate of drug-likeness (QED) is 0.485. The Hall–Kier alpha value is -0.530. The molecule has 2 heteroatoms. The third-order valence-corrected chi connectivity index (χ3v) is 7.50. The van der Waals surface area contributed by atoms with E-state index in [-0.39, 0.29) is 11.4 Å². The Morgan fingerprint density at radius 1 is 1.17 bits per heavy atom. The minimum atomic E-state index is 0.0790. The highest BCUT2D eigenvalue weighted by Gasteiger charge is 2.69. The molecule has 1 spiro atoms. The number of cyclic esters (lactones) is 1. The molecule has 8 atom stereocenters. The van der Waals surface area contributed by atoms with Gasteiger partial charge in [0.15, 0.2) is 0 Å². The highest BCUT2D eigenvalue weighted by molar-refractivity contribution is 5.72. The number of esters is 1. The molecule has 0 N–H and O–H groups in total. The second kappa shape index (κ2) is 2.96. The third-order valence-electron chi connectivity index (χ3n) is 7.50. The van der Waals surface area contributed by atoms with Gasteiger partial charge in [0.1, 0.15) is 0 Å². The topological polar surface area (TPSA) is 26.3 Å². The van der Waals surface area contributed by atoms with E-state index in [1.54, 1.807) is 0 Å². The summed E-state index contributed by atoms with van der Waals surface area (Å²) >= 11 is 0. The Balaban J connectivity index is 1.53. The highest BCUT2D eigenvalue weighted by atomic mass is 16.5. The summed E-state index contributed by atoms with van der Waals surface area (Å²) in [7, 11) is 0. The average Bonchev–Trinajstić information content (AvgIpc) is 3.04. The monoisotopic (exact) mass is 246 g/mol. The van der Waals surface area contributed by atoms with Crippen LogP contribution >= 0.6 is 0 Å². The predicted molar refractivity (Wildman–Crippen MR) is 66.6 cm³/mol. The normalized spacial score (nSPS) is 63.8. The number of rotatable bonds is 0. The standard InChI is InChI=1S/C16H22O2/c1-8-2-9-3-11(8)15-12-4-10(14(9)15)5-16(12)6-13(17)18-7-16/h8-12,14-15H,2-7H2,1H3. The molecule has 8 unspecified atom stereocenters. The van der Waals surface area contributed by atoms with Crippen LogP contribution in [0.2, 0.25) is 0 Å². The van der Waals surface area contributed by atoms with Gasteiger partial charge in [0.2, 0.25) is 0 Å². The van der Waals surface area contributed by atoms with Crippen molar-refractivity contribution in [3.05, 3.63) is 0 Å². The molecule has 1 heterocycles. The maximum Gasteiger partial charge on any atom is 0.306 e. The molecule has 0 aromatic heterocycles. The van der Waals surface area contributed by atoms with E-state index >= 15 is 0 Å². The van der Waals surface area contributed by atoms with Gasteiger partial charge in [0.25, 0.3) is 0 Å². The minimum absolute atomic E-state index is 0.0790. The Morgan fingerprint density at radius 3 is 2.83 bits per heavy atom. The Morgan fingerprint density at radius 2 is 2.06 bits per heavy atom. The second-order valence-electron chi connectivity index (χ2n) is 8.03. The van der Waals surface area contributed by atoms with Gasteiger partial charge in [0.05, 0.1) is 13.0 Å². The fourth-order valence-corrected chi connectivity index (χ4v) is 7.22. The van der Waals surface area contributed by atoms with Crippen molar-refractivity contribution in [3.63, 3.8) is 0 Å². The van der Waals surface area contributed by atoms with Gasteiger partial charge in [-0.1, -0.05) is 6.92 Å². The van der Waals surface area contributed by atoms with Crippen molar-refractivity contribution in [2.24, 2.45) is 46.8 Å². The maximum absolute atomic E-state index is 11.6. The van der Waals surface area contributed by atoms with Crippen LogP contribution in [-0.2, 0) is 9.53 Å². The van der Waals surface area contributed by atoms with Crippen LogP contribution in [0.1, 0.15) is 39.0 Å². The van der Waals surface area contributed by atoms with Gasteiger partial charge in [-0.25, -0.2) is 0 Å². The summed E-state index contributed by atoms with van der Waals surface area (Å²) in [6.07, 6.45) is 6.48. The van der Waals surface area contributed by atoms with Crippen LogP contribution in [0.5, 0.6) is 0 Å². The van der Waals surface area contributed by atoms with Crippen LogP contribution in [-0.4, -0.2) is 12.6 Å². The molecule has 4 aliphatic carbocycles. The van der Waals surface area contributed by atoms with Crippen molar-refractivity contribution in [2.75, 3.05) is 6.61 Å². The molecule has 18 heavy (non-hydrogen) atoms. The van der Waals surface area contributed by atoms with Crippen LogP contribution in [0.25, 0.3) is 0 Å².